The highest BCUT2D eigenvalue weighted by atomic mass is 16.2. The minimum Gasteiger partial charge on any atom is -0.293 e. The Morgan fingerprint density at radius 1 is 1.42 bits per heavy atom. The summed E-state index contributed by atoms with van der Waals surface area (Å²) in [5.41, 5.74) is 2.18. The standard InChI is InChI=1S/C8H17N3O/c1-7(8(12)10-9)11-5-3-2-4-6-11/h7H,2-6,9H2,1H3,(H,10,12). The van der Waals surface area contributed by atoms with E-state index in [1.165, 1.54) is 19.3 Å². The Balaban J connectivity index is 2.39. The van der Waals surface area contributed by atoms with Crippen molar-refractivity contribution in [2.75, 3.05) is 13.1 Å². The van der Waals surface area contributed by atoms with Gasteiger partial charge in [0, 0.05) is 0 Å². The van der Waals surface area contributed by atoms with Crippen LogP contribution < -0.4 is 11.3 Å². The first-order valence-electron chi connectivity index (χ1n) is 4.50. The van der Waals surface area contributed by atoms with Crippen LogP contribution in [0.5, 0.6) is 0 Å². The Hall–Kier alpha value is -0.610. The molecule has 4 nitrogen and oxygen atoms in total. The minimum absolute atomic E-state index is 0.0738. The number of hydrogen-bond donors (Lipinski definition) is 2. The van der Waals surface area contributed by atoms with Crippen LogP contribution in [0.2, 0.25) is 0 Å². The van der Waals surface area contributed by atoms with E-state index >= 15 is 0 Å². The Bertz CT molecular complexity index is 154. The van der Waals surface area contributed by atoms with Gasteiger partial charge in [0.1, 0.15) is 0 Å². The van der Waals surface area contributed by atoms with Gasteiger partial charge in [-0.05, 0) is 32.9 Å². The molecule has 1 fully saturated rings. The number of carbonyl (C=O) groups is 1. The summed E-state index contributed by atoms with van der Waals surface area (Å²) < 4.78 is 0. The fourth-order valence-corrected chi connectivity index (χ4v) is 1.59. The second-order valence-electron chi connectivity index (χ2n) is 3.28. The van der Waals surface area contributed by atoms with Gasteiger partial charge < -0.3 is 0 Å². The van der Waals surface area contributed by atoms with Crippen molar-refractivity contribution >= 4 is 5.91 Å². The molecule has 0 radical (unpaired) electrons. The van der Waals surface area contributed by atoms with Gasteiger partial charge in [-0.2, -0.15) is 0 Å². The van der Waals surface area contributed by atoms with Crippen LogP contribution in [0.4, 0.5) is 0 Å². The van der Waals surface area contributed by atoms with Crippen LogP contribution >= 0.6 is 0 Å². The molecule has 1 unspecified atom stereocenters. The lowest BCUT2D eigenvalue weighted by Crippen LogP contribution is -2.49. The van der Waals surface area contributed by atoms with Gasteiger partial charge in [0.15, 0.2) is 0 Å². The highest BCUT2D eigenvalue weighted by Crippen LogP contribution is 2.11. The van der Waals surface area contributed by atoms with Crippen molar-refractivity contribution in [3.05, 3.63) is 0 Å². The lowest BCUT2D eigenvalue weighted by molar-refractivity contribution is -0.126. The number of carbonyl (C=O) groups excluding carboxylic acids is 1. The molecule has 0 aliphatic carbocycles. The Labute approximate surface area is 73.1 Å². The Morgan fingerprint density at radius 3 is 2.50 bits per heavy atom. The van der Waals surface area contributed by atoms with E-state index in [0.29, 0.717) is 0 Å². The van der Waals surface area contributed by atoms with E-state index in [9.17, 15) is 4.79 Å². The zero-order valence-corrected chi connectivity index (χ0v) is 7.55. The molecule has 0 aromatic carbocycles. The molecule has 0 spiro atoms. The molecule has 0 aromatic heterocycles. The number of amides is 1. The van der Waals surface area contributed by atoms with E-state index in [4.69, 9.17) is 5.84 Å². The average molecular weight is 171 g/mol. The van der Waals surface area contributed by atoms with E-state index in [0.717, 1.165) is 13.1 Å². The SMILES string of the molecule is CC(C(=O)NN)N1CCCCC1. The molecule has 1 rings (SSSR count). The molecule has 12 heavy (non-hydrogen) atoms. The fourth-order valence-electron chi connectivity index (χ4n) is 1.59. The summed E-state index contributed by atoms with van der Waals surface area (Å²) in [4.78, 5) is 13.3. The van der Waals surface area contributed by atoms with Crippen LogP contribution in [0.1, 0.15) is 26.2 Å². The first kappa shape index (κ1) is 9.48. The van der Waals surface area contributed by atoms with Crippen molar-refractivity contribution in [1.29, 1.82) is 0 Å². The van der Waals surface area contributed by atoms with Gasteiger partial charge in [0.2, 0.25) is 0 Å². The fraction of sp³-hybridized carbons (Fsp3) is 0.875. The monoisotopic (exact) mass is 171 g/mol. The molecule has 1 saturated heterocycles. The number of hydrogen-bond acceptors (Lipinski definition) is 3. The molecule has 4 heteroatoms. The van der Waals surface area contributed by atoms with E-state index < -0.39 is 0 Å². The van der Waals surface area contributed by atoms with Gasteiger partial charge >= 0.3 is 0 Å². The molecule has 0 saturated carbocycles. The van der Waals surface area contributed by atoms with Gasteiger partial charge in [-0.15, -0.1) is 0 Å². The van der Waals surface area contributed by atoms with Crippen LogP contribution in [0.15, 0.2) is 0 Å². The summed E-state index contributed by atoms with van der Waals surface area (Å²) in [6, 6.07) is -0.0738. The summed E-state index contributed by atoms with van der Waals surface area (Å²) in [6.07, 6.45) is 3.68. The van der Waals surface area contributed by atoms with Crippen LogP contribution in [0.3, 0.4) is 0 Å². The second kappa shape index (κ2) is 4.42. The number of rotatable bonds is 2. The van der Waals surface area contributed by atoms with Gasteiger partial charge in [-0.3, -0.25) is 15.1 Å². The Kier molecular flexibility index (Phi) is 3.49. The highest BCUT2D eigenvalue weighted by Gasteiger charge is 2.21. The maximum Gasteiger partial charge on any atom is 0.250 e. The van der Waals surface area contributed by atoms with Gasteiger partial charge in [-0.1, -0.05) is 6.42 Å². The van der Waals surface area contributed by atoms with Gasteiger partial charge in [-0.25, -0.2) is 5.84 Å². The number of piperidine rings is 1. The quantitative estimate of drug-likeness (QED) is 0.345. The summed E-state index contributed by atoms with van der Waals surface area (Å²) in [5.74, 6) is 4.97. The largest absolute Gasteiger partial charge is 0.293 e. The maximum absolute atomic E-state index is 11.1. The molecule has 70 valence electrons. The van der Waals surface area contributed by atoms with Crippen molar-refractivity contribution in [1.82, 2.24) is 10.3 Å². The van der Waals surface area contributed by atoms with Crippen LogP contribution in [-0.2, 0) is 4.79 Å². The van der Waals surface area contributed by atoms with Crippen LogP contribution in [-0.4, -0.2) is 29.9 Å². The van der Waals surface area contributed by atoms with E-state index in [1.54, 1.807) is 0 Å². The third kappa shape index (κ3) is 2.19. The van der Waals surface area contributed by atoms with Crippen molar-refractivity contribution in [2.24, 2.45) is 5.84 Å². The molecular weight excluding hydrogens is 154 g/mol. The third-order valence-electron chi connectivity index (χ3n) is 2.46. The summed E-state index contributed by atoms with van der Waals surface area (Å²) in [5, 5.41) is 0. The van der Waals surface area contributed by atoms with Crippen molar-refractivity contribution < 1.29 is 4.79 Å². The number of likely N-dealkylation sites (tertiary alicyclic amines) is 1. The summed E-state index contributed by atoms with van der Waals surface area (Å²) >= 11 is 0. The number of nitrogens with one attached hydrogen (secondary N) is 1. The summed E-state index contributed by atoms with van der Waals surface area (Å²) in [7, 11) is 0. The van der Waals surface area contributed by atoms with Crippen molar-refractivity contribution in [3.8, 4) is 0 Å². The molecule has 1 amide bonds. The normalized spacial score (nSPS) is 21.8. The topological polar surface area (TPSA) is 58.4 Å². The Morgan fingerprint density at radius 2 is 2.00 bits per heavy atom. The van der Waals surface area contributed by atoms with Gasteiger partial charge in [0.25, 0.3) is 5.91 Å². The van der Waals surface area contributed by atoms with Crippen LogP contribution in [0.25, 0.3) is 0 Å². The maximum atomic E-state index is 11.1. The molecule has 0 bridgehead atoms. The smallest absolute Gasteiger partial charge is 0.250 e. The highest BCUT2D eigenvalue weighted by molar-refractivity contribution is 5.80. The van der Waals surface area contributed by atoms with Crippen molar-refractivity contribution in [3.63, 3.8) is 0 Å². The lowest BCUT2D eigenvalue weighted by Gasteiger charge is -2.30. The third-order valence-corrected chi connectivity index (χ3v) is 2.46. The molecule has 0 aromatic rings. The molecule has 1 aliphatic rings. The molecule has 1 aliphatic heterocycles. The second-order valence-corrected chi connectivity index (χ2v) is 3.28. The first-order valence-corrected chi connectivity index (χ1v) is 4.50. The predicted molar refractivity (Wildman–Crippen MR) is 47.2 cm³/mol. The molecule has 1 heterocycles. The van der Waals surface area contributed by atoms with E-state index in [-0.39, 0.29) is 11.9 Å². The molecular formula is C8H17N3O. The zero-order chi connectivity index (χ0) is 8.97. The lowest BCUT2D eigenvalue weighted by atomic mass is 10.1. The molecule has 1 atom stereocenters. The number of nitrogens with two attached hydrogens (primary N) is 1. The van der Waals surface area contributed by atoms with Crippen molar-refractivity contribution in [2.45, 2.75) is 32.2 Å². The minimum atomic E-state index is -0.0862. The van der Waals surface area contributed by atoms with Crippen LogP contribution in [0, 0.1) is 0 Å². The zero-order valence-electron chi connectivity index (χ0n) is 7.55. The van der Waals surface area contributed by atoms with E-state index in [2.05, 4.69) is 10.3 Å². The van der Waals surface area contributed by atoms with Gasteiger partial charge in [0.05, 0.1) is 6.04 Å². The predicted octanol–water partition coefficient (Wildman–Crippen LogP) is -0.149. The number of hydrazine groups is 1. The summed E-state index contributed by atoms with van der Waals surface area (Å²) in [6.45, 7) is 3.94. The number of nitrogens with zero attached hydrogens (tertiary/aromatic N) is 1. The first-order chi connectivity index (χ1) is 5.75. The molecule has 3 N–H and O–H groups in total. The average Bonchev–Trinajstić information content (AvgIpc) is 2.17. The van der Waals surface area contributed by atoms with E-state index in [1.807, 2.05) is 6.92 Å².